The van der Waals surface area contributed by atoms with Crippen LogP contribution >= 0.6 is 11.3 Å². The summed E-state index contributed by atoms with van der Waals surface area (Å²) < 4.78 is 32.6. The molecule has 12 heteroatoms. The molecule has 0 radical (unpaired) electrons. The third kappa shape index (κ3) is 5.03. The van der Waals surface area contributed by atoms with Crippen LogP contribution in [0.4, 0.5) is 10.8 Å². The number of para-hydroxylation sites is 1. The lowest BCUT2D eigenvalue weighted by Gasteiger charge is -2.13. The van der Waals surface area contributed by atoms with Crippen LogP contribution in [0.15, 0.2) is 28.6 Å². The summed E-state index contributed by atoms with van der Waals surface area (Å²) in [6, 6.07) is 6.25. The van der Waals surface area contributed by atoms with Gasteiger partial charge in [0.15, 0.2) is 0 Å². The minimum atomic E-state index is -4.08. The molecule has 3 rings (SSSR count). The van der Waals surface area contributed by atoms with E-state index in [4.69, 9.17) is 4.74 Å². The third-order valence-electron chi connectivity index (χ3n) is 3.85. The number of hydrogen-bond acceptors (Lipinski definition) is 8. The van der Waals surface area contributed by atoms with Gasteiger partial charge in [-0.2, -0.15) is 8.42 Å². The number of amides is 2. The van der Waals surface area contributed by atoms with Gasteiger partial charge in [-0.05, 0) is 25.0 Å². The lowest BCUT2D eigenvalue weighted by molar-refractivity contribution is -0.114. The zero-order valence-corrected chi connectivity index (χ0v) is 16.6. The molecule has 0 bridgehead atoms. The second-order valence-electron chi connectivity index (χ2n) is 6.05. The predicted molar refractivity (Wildman–Crippen MR) is 103 cm³/mol. The normalized spacial score (nSPS) is 16.5. The molecule has 0 spiro atoms. The number of anilines is 2. The molecule has 1 atom stereocenters. The summed E-state index contributed by atoms with van der Waals surface area (Å²) >= 11 is 0.707. The molecule has 28 heavy (non-hydrogen) atoms. The summed E-state index contributed by atoms with van der Waals surface area (Å²) in [6.45, 7) is 2.31. The van der Waals surface area contributed by atoms with Crippen molar-refractivity contribution in [1.82, 2.24) is 15.5 Å². The quantitative estimate of drug-likeness (QED) is 0.567. The van der Waals surface area contributed by atoms with Crippen molar-refractivity contribution in [3.8, 4) is 0 Å². The van der Waals surface area contributed by atoms with Crippen LogP contribution in [-0.4, -0.2) is 49.7 Å². The van der Waals surface area contributed by atoms with Crippen LogP contribution in [0.5, 0.6) is 0 Å². The second kappa shape index (κ2) is 8.63. The molecule has 0 aliphatic carbocycles. The first-order valence-electron chi connectivity index (χ1n) is 8.48. The summed E-state index contributed by atoms with van der Waals surface area (Å²) in [7, 11) is -4.08. The maximum Gasteiger partial charge on any atom is 0.291 e. The summed E-state index contributed by atoms with van der Waals surface area (Å²) in [5, 5.41) is 12.4. The van der Waals surface area contributed by atoms with Gasteiger partial charge in [0.05, 0.1) is 17.4 Å². The van der Waals surface area contributed by atoms with E-state index in [9.17, 15) is 18.0 Å². The SMILES string of the molecule is CC(=O)Nc1nnc(S(=O)(=O)Nc2ccccc2C(=O)NC[C@H]2CCCO2)s1. The van der Waals surface area contributed by atoms with Gasteiger partial charge in [-0.25, -0.2) is 0 Å². The third-order valence-corrected chi connectivity index (χ3v) is 6.42. The van der Waals surface area contributed by atoms with E-state index in [0.717, 1.165) is 12.8 Å². The van der Waals surface area contributed by atoms with E-state index < -0.39 is 15.9 Å². The highest BCUT2D eigenvalue weighted by atomic mass is 32.2. The van der Waals surface area contributed by atoms with E-state index in [2.05, 4.69) is 25.6 Å². The number of carbonyl (C=O) groups excluding carboxylic acids is 2. The molecule has 1 saturated heterocycles. The van der Waals surface area contributed by atoms with Crippen molar-refractivity contribution in [2.45, 2.75) is 30.2 Å². The summed E-state index contributed by atoms with van der Waals surface area (Å²) in [6.07, 6.45) is 1.81. The molecule has 1 aromatic heterocycles. The Kier molecular flexibility index (Phi) is 6.21. The first kappa shape index (κ1) is 20.2. The Bertz CT molecular complexity index is 969. The highest BCUT2D eigenvalue weighted by Gasteiger charge is 2.24. The Morgan fingerprint density at radius 3 is 2.79 bits per heavy atom. The maximum atomic E-state index is 12.6. The molecule has 2 heterocycles. The highest BCUT2D eigenvalue weighted by Crippen LogP contribution is 2.24. The standard InChI is InChI=1S/C16H19N5O5S2/c1-10(22)18-15-19-20-16(27-15)28(24,25)21-13-7-3-2-6-12(13)14(23)17-9-11-5-4-8-26-11/h2-3,6-7,11,21H,4-5,8-9H2,1H3,(H,17,23)(H,18,19,22)/t11-/m1/s1. The van der Waals surface area contributed by atoms with Crippen LogP contribution < -0.4 is 15.4 Å². The largest absolute Gasteiger partial charge is 0.376 e. The van der Waals surface area contributed by atoms with Gasteiger partial charge >= 0.3 is 0 Å². The molecule has 0 saturated carbocycles. The van der Waals surface area contributed by atoms with Crippen LogP contribution in [0.3, 0.4) is 0 Å². The van der Waals surface area contributed by atoms with Crippen LogP contribution in [0.25, 0.3) is 0 Å². The molecule has 2 amide bonds. The molecule has 1 aliphatic rings. The van der Waals surface area contributed by atoms with E-state index >= 15 is 0 Å². The molecule has 2 aromatic rings. The van der Waals surface area contributed by atoms with Crippen molar-refractivity contribution in [2.24, 2.45) is 0 Å². The van der Waals surface area contributed by atoms with Crippen molar-refractivity contribution < 1.29 is 22.7 Å². The fraction of sp³-hybridized carbons (Fsp3) is 0.375. The summed E-state index contributed by atoms with van der Waals surface area (Å²) in [5.74, 6) is -0.800. The molecule has 3 N–H and O–H groups in total. The molecule has 1 aromatic carbocycles. The Hall–Kier alpha value is -2.57. The van der Waals surface area contributed by atoms with Gasteiger partial charge in [-0.1, -0.05) is 23.5 Å². The number of nitrogens with zero attached hydrogens (tertiary/aromatic N) is 2. The van der Waals surface area contributed by atoms with E-state index in [1.165, 1.54) is 19.1 Å². The van der Waals surface area contributed by atoms with Gasteiger partial charge in [0.25, 0.3) is 20.3 Å². The lowest BCUT2D eigenvalue weighted by atomic mass is 10.1. The van der Waals surface area contributed by atoms with E-state index in [0.29, 0.717) is 24.5 Å². The Labute approximate surface area is 165 Å². The van der Waals surface area contributed by atoms with Gasteiger partial charge in [0.2, 0.25) is 11.0 Å². The number of nitrogens with one attached hydrogen (secondary N) is 3. The molecular formula is C16H19N5O5S2. The predicted octanol–water partition coefficient (Wildman–Crippen LogP) is 1.21. The number of ether oxygens (including phenoxy) is 1. The Balaban J connectivity index is 1.73. The number of hydrogen-bond donors (Lipinski definition) is 3. The van der Waals surface area contributed by atoms with Crippen LogP contribution in [0.2, 0.25) is 0 Å². The van der Waals surface area contributed by atoms with Gasteiger partial charge in [-0.15, -0.1) is 10.2 Å². The highest BCUT2D eigenvalue weighted by molar-refractivity contribution is 7.94. The Morgan fingerprint density at radius 2 is 2.07 bits per heavy atom. The summed E-state index contributed by atoms with van der Waals surface area (Å²) in [5.41, 5.74) is 0.291. The van der Waals surface area contributed by atoms with Crippen molar-refractivity contribution in [3.63, 3.8) is 0 Å². The van der Waals surface area contributed by atoms with Crippen molar-refractivity contribution in [3.05, 3.63) is 29.8 Å². The number of carbonyl (C=O) groups is 2. The van der Waals surface area contributed by atoms with E-state index in [1.807, 2.05) is 0 Å². The second-order valence-corrected chi connectivity index (χ2v) is 8.88. The zero-order valence-electron chi connectivity index (χ0n) is 15.0. The van der Waals surface area contributed by atoms with Gasteiger partial charge in [-0.3, -0.25) is 14.3 Å². The van der Waals surface area contributed by atoms with Crippen LogP contribution in [0, 0.1) is 0 Å². The minimum Gasteiger partial charge on any atom is -0.376 e. The first-order valence-corrected chi connectivity index (χ1v) is 10.8. The van der Waals surface area contributed by atoms with Gasteiger partial charge in [0.1, 0.15) is 0 Å². The maximum absolute atomic E-state index is 12.6. The number of sulfonamides is 1. The van der Waals surface area contributed by atoms with E-state index in [-0.39, 0.29) is 32.7 Å². The van der Waals surface area contributed by atoms with E-state index in [1.54, 1.807) is 12.1 Å². The van der Waals surface area contributed by atoms with Gasteiger partial charge in [0, 0.05) is 20.1 Å². The molecular weight excluding hydrogens is 406 g/mol. The molecule has 1 fully saturated rings. The molecule has 0 unspecified atom stereocenters. The summed E-state index contributed by atoms with van der Waals surface area (Å²) in [4.78, 5) is 23.5. The van der Waals surface area contributed by atoms with Crippen molar-refractivity contribution >= 4 is 44.0 Å². The average Bonchev–Trinajstić information content (AvgIpc) is 3.31. The Morgan fingerprint density at radius 1 is 1.29 bits per heavy atom. The average molecular weight is 425 g/mol. The monoisotopic (exact) mass is 425 g/mol. The number of rotatable bonds is 7. The topological polar surface area (TPSA) is 139 Å². The molecule has 1 aliphatic heterocycles. The van der Waals surface area contributed by atoms with Gasteiger partial charge < -0.3 is 15.4 Å². The fourth-order valence-electron chi connectivity index (χ4n) is 2.59. The van der Waals surface area contributed by atoms with Crippen LogP contribution in [-0.2, 0) is 19.6 Å². The fourth-order valence-corrected chi connectivity index (χ4v) is 4.61. The first-order chi connectivity index (χ1) is 13.3. The number of aromatic nitrogens is 2. The molecule has 150 valence electrons. The minimum absolute atomic E-state index is 0.0265. The number of benzene rings is 1. The van der Waals surface area contributed by atoms with Crippen molar-refractivity contribution in [2.75, 3.05) is 23.2 Å². The zero-order chi connectivity index (χ0) is 20.1. The van der Waals surface area contributed by atoms with Crippen LogP contribution in [0.1, 0.15) is 30.1 Å². The van der Waals surface area contributed by atoms with Crippen molar-refractivity contribution in [1.29, 1.82) is 0 Å². The molecule has 10 nitrogen and oxygen atoms in total. The lowest BCUT2D eigenvalue weighted by Crippen LogP contribution is -2.32. The smallest absolute Gasteiger partial charge is 0.291 e.